The first kappa shape index (κ1) is 17.6. The van der Waals surface area contributed by atoms with E-state index in [1.165, 1.54) is 0 Å². The number of fused-ring (bicyclic) bond motifs is 1. The molecule has 1 fully saturated rings. The number of amides is 1. The highest BCUT2D eigenvalue weighted by atomic mass is 16.5. The molecule has 3 heterocycles. The minimum Gasteiger partial charge on any atom is -0.497 e. The Morgan fingerprint density at radius 1 is 1.30 bits per heavy atom. The standard InChI is InChI=1S/C20H22N2O5/c1-11-6-15(27-22-11)7-13-9-25-10-17(13)21-20(23)19-12(2)16-5-4-14(24-3)8-18(16)26-19/h4-6,8,13,17H,7,9-10H2,1-3H3,(H,21,23)/t13-,17+/m1/s1. The molecule has 1 saturated heterocycles. The minimum atomic E-state index is -0.239. The smallest absolute Gasteiger partial charge is 0.287 e. The van der Waals surface area contributed by atoms with Gasteiger partial charge in [0, 0.05) is 35.4 Å². The van der Waals surface area contributed by atoms with E-state index in [-0.39, 0.29) is 17.9 Å². The molecule has 1 amide bonds. The first-order valence-electron chi connectivity index (χ1n) is 8.93. The van der Waals surface area contributed by atoms with Crippen LogP contribution in [0.2, 0.25) is 0 Å². The van der Waals surface area contributed by atoms with Crippen LogP contribution in [0.4, 0.5) is 0 Å². The second-order valence-electron chi connectivity index (χ2n) is 6.93. The maximum Gasteiger partial charge on any atom is 0.287 e. The van der Waals surface area contributed by atoms with Gasteiger partial charge in [-0.1, -0.05) is 5.16 Å². The molecule has 3 aromatic rings. The number of carbonyl (C=O) groups is 1. The second-order valence-corrected chi connectivity index (χ2v) is 6.93. The van der Waals surface area contributed by atoms with Crippen LogP contribution in [0.3, 0.4) is 0 Å². The number of hydrogen-bond acceptors (Lipinski definition) is 6. The molecule has 1 aliphatic heterocycles. The fourth-order valence-electron chi connectivity index (χ4n) is 3.51. The number of furan rings is 1. The molecule has 1 aromatic carbocycles. The van der Waals surface area contributed by atoms with Gasteiger partial charge in [0.05, 0.1) is 32.1 Å². The molecule has 2 atom stereocenters. The molecule has 27 heavy (non-hydrogen) atoms. The zero-order valence-electron chi connectivity index (χ0n) is 15.6. The minimum absolute atomic E-state index is 0.106. The Bertz CT molecular complexity index is 974. The Morgan fingerprint density at radius 2 is 2.15 bits per heavy atom. The quantitative estimate of drug-likeness (QED) is 0.743. The summed E-state index contributed by atoms with van der Waals surface area (Å²) in [5.41, 5.74) is 2.29. The van der Waals surface area contributed by atoms with Crippen molar-refractivity contribution in [3.8, 4) is 5.75 Å². The molecule has 1 aliphatic rings. The second kappa shape index (κ2) is 7.08. The van der Waals surface area contributed by atoms with Gasteiger partial charge < -0.3 is 23.7 Å². The molecule has 0 saturated carbocycles. The fourth-order valence-corrected chi connectivity index (χ4v) is 3.51. The molecule has 0 unspecified atom stereocenters. The van der Waals surface area contributed by atoms with Gasteiger partial charge in [0.25, 0.3) is 5.91 Å². The molecular weight excluding hydrogens is 348 g/mol. The van der Waals surface area contributed by atoms with Crippen LogP contribution in [-0.4, -0.2) is 37.4 Å². The van der Waals surface area contributed by atoms with Crippen LogP contribution >= 0.6 is 0 Å². The normalized spacial score (nSPS) is 19.5. The SMILES string of the molecule is COc1ccc2c(C)c(C(=O)N[C@H]3COC[C@H]3Cc3cc(C)no3)oc2c1. The zero-order valence-corrected chi connectivity index (χ0v) is 15.6. The molecular formula is C20H22N2O5. The van der Waals surface area contributed by atoms with Gasteiger partial charge in [0.2, 0.25) is 0 Å². The van der Waals surface area contributed by atoms with Crippen LogP contribution in [0.5, 0.6) is 5.75 Å². The third-order valence-corrected chi connectivity index (χ3v) is 5.01. The van der Waals surface area contributed by atoms with Gasteiger partial charge in [-0.3, -0.25) is 4.79 Å². The van der Waals surface area contributed by atoms with E-state index in [4.69, 9.17) is 18.4 Å². The van der Waals surface area contributed by atoms with E-state index in [1.807, 2.05) is 32.0 Å². The van der Waals surface area contributed by atoms with E-state index >= 15 is 0 Å². The average molecular weight is 370 g/mol. The lowest BCUT2D eigenvalue weighted by Gasteiger charge is -2.17. The first-order chi connectivity index (χ1) is 13.0. The molecule has 0 spiro atoms. The maximum absolute atomic E-state index is 12.8. The maximum atomic E-state index is 12.8. The van der Waals surface area contributed by atoms with Crippen molar-refractivity contribution in [3.63, 3.8) is 0 Å². The topological polar surface area (TPSA) is 86.7 Å². The van der Waals surface area contributed by atoms with E-state index in [0.717, 1.165) is 22.4 Å². The summed E-state index contributed by atoms with van der Waals surface area (Å²) in [5.74, 6) is 1.70. The van der Waals surface area contributed by atoms with Gasteiger partial charge in [-0.15, -0.1) is 0 Å². The predicted molar refractivity (Wildman–Crippen MR) is 98.0 cm³/mol. The van der Waals surface area contributed by atoms with Crippen molar-refractivity contribution in [3.05, 3.63) is 47.0 Å². The largest absolute Gasteiger partial charge is 0.497 e. The number of methoxy groups -OCH3 is 1. The number of aryl methyl sites for hydroxylation is 2. The van der Waals surface area contributed by atoms with Crippen molar-refractivity contribution in [2.75, 3.05) is 20.3 Å². The van der Waals surface area contributed by atoms with Gasteiger partial charge in [0.1, 0.15) is 17.1 Å². The van der Waals surface area contributed by atoms with Crippen LogP contribution in [0.1, 0.15) is 27.6 Å². The van der Waals surface area contributed by atoms with E-state index in [2.05, 4.69) is 10.5 Å². The Morgan fingerprint density at radius 3 is 2.89 bits per heavy atom. The number of ether oxygens (including phenoxy) is 2. The van der Waals surface area contributed by atoms with E-state index in [9.17, 15) is 4.79 Å². The zero-order chi connectivity index (χ0) is 19.0. The van der Waals surface area contributed by atoms with Crippen LogP contribution < -0.4 is 10.1 Å². The predicted octanol–water partition coefficient (Wildman–Crippen LogP) is 3.03. The summed E-state index contributed by atoms with van der Waals surface area (Å²) in [6, 6.07) is 7.34. The third kappa shape index (κ3) is 3.42. The van der Waals surface area contributed by atoms with Gasteiger partial charge in [-0.2, -0.15) is 0 Å². The average Bonchev–Trinajstić information content (AvgIpc) is 3.35. The number of rotatable bonds is 5. The van der Waals surface area contributed by atoms with Crippen LogP contribution in [0.25, 0.3) is 11.0 Å². The van der Waals surface area contributed by atoms with Gasteiger partial charge in [-0.05, 0) is 26.0 Å². The van der Waals surface area contributed by atoms with Crippen molar-refractivity contribution >= 4 is 16.9 Å². The molecule has 7 heteroatoms. The summed E-state index contributed by atoms with van der Waals surface area (Å²) in [4.78, 5) is 12.8. The van der Waals surface area contributed by atoms with E-state index in [1.54, 1.807) is 13.2 Å². The summed E-state index contributed by atoms with van der Waals surface area (Å²) in [7, 11) is 1.60. The summed E-state index contributed by atoms with van der Waals surface area (Å²) >= 11 is 0. The Balaban J connectivity index is 1.51. The summed E-state index contributed by atoms with van der Waals surface area (Å²) in [5, 5.41) is 7.87. The lowest BCUT2D eigenvalue weighted by Crippen LogP contribution is -2.40. The van der Waals surface area contributed by atoms with Gasteiger partial charge >= 0.3 is 0 Å². The summed E-state index contributed by atoms with van der Waals surface area (Å²) < 4.78 is 21.9. The fraction of sp³-hybridized carbons (Fsp3) is 0.400. The lowest BCUT2D eigenvalue weighted by molar-refractivity contribution is 0.0897. The van der Waals surface area contributed by atoms with Crippen molar-refractivity contribution in [1.82, 2.24) is 10.5 Å². The highest BCUT2D eigenvalue weighted by Gasteiger charge is 2.32. The highest BCUT2D eigenvalue weighted by molar-refractivity contribution is 5.99. The molecule has 0 bridgehead atoms. The van der Waals surface area contributed by atoms with Crippen LogP contribution in [0, 0.1) is 19.8 Å². The number of nitrogens with one attached hydrogen (secondary N) is 1. The van der Waals surface area contributed by atoms with Crippen molar-refractivity contribution in [2.24, 2.45) is 5.92 Å². The molecule has 1 N–H and O–H groups in total. The Labute approximate surface area is 156 Å². The molecule has 142 valence electrons. The Hall–Kier alpha value is -2.80. The number of hydrogen-bond donors (Lipinski definition) is 1. The van der Waals surface area contributed by atoms with Crippen LogP contribution in [-0.2, 0) is 11.2 Å². The summed E-state index contributed by atoms with van der Waals surface area (Å²) in [6.07, 6.45) is 0.669. The van der Waals surface area contributed by atoms with Crippen LogP contribution in [0.15, 0.2) is 33.2 Å². The number of aromatic nitrogens is 1. The first-order valence-corrected chi connectivity index (χ1v) is 8.93. The monoisotopic (exact) mass is 370 g/mol. The van der Waals surface area contributed by atoms with E-state index < -0.39 is 0 Å². The Kier molecular flexibility index (Phi) is 4.61. The highest BCUT2D eigenvalue weighted by Crippen LogP contribution is 2.29. The number of carbonyl (C=O) groups excluding carboxylic acids is 1. The summed E-state index contributed by atoms with van der Waals surface area (Å²) in [6.45, 7) is 4.81. The van der Waals surface area contributed by atoms with E-state index in [0.29, 0.717) is 36.7 Å². The molecule has 0 aliphatic carbocycles. The third-order valence-electron chi connectivity index (χ3n) is 5.01. The number of nitrogens with zero attached hydrogens (tertiary/aromatic N) is 1. The molecule has 4 rings (SSSR count). The van der Waals surface area contributed by atoms with Gasteiger partial charge in [0.15, 0.2) is 5.76 Å². The molecule has 2 aromatic heterocycles. The van der Waals surface area contributed by atoms with Crippen molar-refractivity contribution < 1.29 is 23.2 Å². The van der Waals surface area contributed by atoms with Crippen molar-refractivity contribution in [2.45, 2.75) is 26.3 Å². The van der Waals surface area contributed by atoms with Crippen molar-refractivity contribution in [1.29, 1.82) is 0 Å². The number of benzene rings is 1. The molecule has 0 radical (unpaired) electrons. The molecule has 7 nitrogen and oxygen atoms in total. The van der Waals surface area contributed by atoms with Gasteiger partial charge in [-0.25, -0.2) is 0 Å². The lowest BCUT2D eigenvalue weighted by atomic mass is 9.98.